The van der Waals surface area contributed by atoms with E-state index >= 15 is 0 Å². The van der Waals surface area contributed by atoms with Gasteiger partial charge in [0.05, 0.1) is 13.2 Å². The Balaban J connectivity index is 1.91. The Labute approximate surface area is 89.8 Å². The van der Waals surface area contributed by atoms with Crippen LogP contribution in [0.4, 0.5) is 0 Å². The van der Waals surface area contributed by atoms with Gasteiger partial charge in [-0.05, 0) is 25.8 Å². The first kappa shape index (κ1) is 12.4. The van der Waals surface area contributed by atoms with Crippen LogP contribution in [-0.2, 0) is 14.3 Å². The minimum absolute atomic E-state index is 0.598. The van der Waals surface area contributed by atoms with Crippen molar-refractivity contribution >= 4 is 5.97 Å². The second kappa shape index (κ2) is 6.05. The average Bonchev–Trinajstić information content (AvgIpc) is 2.98. The molecule has 1 rings (SSSR count). The van der Waals surface area contributed by atoms with E-state index in [4.69, 9.17) is 14.6 Å². The molecule has 0 aliphatic heterocycles. The van der Waals surface area contributed by atoms with Crippen LogP contribution in [0, 0.1) is 0 Å². The molecule has 15 heavy (non-hydrogen) atoms. The SMILES string of the molecule is COCCOCCCNC1(C(=O)O)CC1. The lowest BCUT2D eigenvalue weighted by molar-refractivity contribution is -0.140. The summed E-state index contributed by atoms with van der Waals surface area (Å²) >= 11 is 0. The molecule has 0 aromatic rings. The van der Waals surface area contributed by atoms with Crippen LogP contribution in [0.15, 0.2) is 0 Å². The Morgan fingerprint density at radius 3 is 2.67 bits per heavy atom. The van der Waals surface area contributed by atoms with Crippen molar-refractivity contribution in [2.24, 2.45) is 0 Å². The van der Waals surface area contributed by atoms with E-state index in [9.17, 15) is 4.79 Å². The number of carboxylic acid groups (broad SMARTS) is 1. The number of aliphatic carboxylic acids is 1. The Hall–Kier alpha value is -0.650. The number of nitrogens with one attached hydrogen (secondary N) is 1. The Kier molecular flexibility index (Phi) is 5.01. The van der Waals surface area contributed by atoms with Gasteiger partial charge in [0.15, 0.2) is 0 Å². The van der Waals surface area contributed by atoms with Crippen LogP contribution in [0.5, 0.6) is 0 Å². The van der Waals surface area contributed by atoms with Crippen LogP contribution in [0.2, 0.25) is 0 Å². The number of carboxylic acids is 1. The molecule has 0 aromatic heterocycles. The highest BCUT2D eigenvalue weighted by atomic mass is 16.5. The smallest absolute Gasteiger partial charge is 0.323 e. The van der Waals surface area contributed by atoms with Gasteiger partial charge in [0, 0.05) is 13.7 Å². The summed E-state index contributed by atoms with van der Waals surface area (Å²) in [4.78, 5) is 10.8. The molecular formula is C10H19NO4. The number of ether oxygens (including phenoxy) is 2. The number of methoxy groups -OCH3 is 1. The van der Waals surface area contributed by atoms with Gasteiger partial charge in [-0.1, -0.05) is 0 Å². The first-order chi connectivity index (χ1) is 7.21. The molecule has 0 aromatic carbocycles. The molecular weight excluding hydrogens is 198 g/mol. The predicted molar refractivity (Wildman–Crippen MR) is 54.9 cm³/mol. The fraction of sp³-hybridized carbons (Fsp3) is 0.900. The molecule has 88 valence electrons. The fourth-order valence-electron chi connectivity index (χ4n) is 1.34. The lowest BCUT2D eigenvalue weighted by atomic mass is 10.2. The maximum Gasteiger partial charge on any atom is 0.323 e. The van der Waals surface area contributed by atoms with Crippen molar-refractivity contribution in [2.45, 2.75) is 24.8 Å². The largest absolute Gasteiger partial charge is 0.480 e. The van der Waals surface area contributed by atoms with Crippen LogP contribution in [0.25, 0.3) is 0 Å². The molecule has 0 spiro atoms. The van der Waals surface area contributed by atoms with Gasteiger partial charge in [0.1, 0.15) is 5.54 Å². The van der Waals surface area contributed by atoms with E-state index in [1.54, 1.807) is 7.11 Å². The van der Waals surface area contributed by atoms with Crippen molar-refractivity contribution in [3.8, 4) is 0 Å². The summed E-state index contributed by atoms with van der Waals surface area (Å²) < 4.78 is 10.1. The van der Waals surface area contributed by atoms with Crippen LogP contribution in [0.1, 0.15) is 19.3 Å². The van der Waals surface area contributed by atoms with Gasteiger partial charge in [0.25, 0.3) is 0 Å². The highest BCUT2D eigenvalue weighted by Gasteiger charge is 2.49. The zero-order valence-corrected chi connectivity index (χ0v) is 9.12. The van der Waals surface area contributed by atoms with Crippen molar-refractivity contribution in [3.63, 3.8) is 0 Å². The molecule has 0 heterocycles. The second-order valence-corrected chi connectivity index (χ2v) is 3.77. The predicted octanol–water partition coefficient (Wildman–Crippen LogP) is 0.246. The molecule has 1 aliphatic carbocycles. The first-order valence-electron chi connectivity index (χ1n) is 5.26. The van der Waals surface area contributed by atoms with Gasteiger partial charge in [-0.2, -0.15) is 0 Å². The number of hydrogen-bond donors (Lipinski definition) is 2. The summed E-state index contributed by atoms with van der Waals surface area (Å²) in [6.07, 6.45) is 2.32. The lowest BCUT2D eigenvalue weighted by Gasteiger charge is -2.11. The highest BCUT2D eigenvalue weighted by Crippen LogP contribution is 2.35. The molecule has 0 atom stereocenters. The van der Waals surface area contributed by atoms with Crippen LogP contribution < -0.4 is 5.32 Å². The summed E-state index contributed by atoms with van der Waals surface area (Å²) in [6.45, 7) is 2.54. The lowest BCUT2D eigenvalue weighted by Crippen LogP contribution is -2.39. The number of hydrogen-bond acceptors (Lipinski definition) is 4. The normalized spacial score (nSPS) is 17.7. The summed E-state index contributed by atoms with van der Waals surface area (Å²) in [6, 6.07) is 0. The highest BCUT2D eigenvalue weighted by molar-refractivity contribution is 5.82. The standard InChI is InChI=1S/C10H19NO4/c1-14-7-8-15-6-2-5-11-10(3-4-10)9(12)13/h11H,2-8H2,1H3,(H,12,13). The maximum absolute atomic E-state index is 10.8. The van der Waals surface area contributed by atoms with E-state index in [1.807, 2.05) is 0 Å². The van der Waals surface area contributed by atoms with Crippen molar-refractivity contribution in [3.05, 3.63) is 0 Å². The second-order valence-electron chi connectivity index (χ2n) is 3.77. The minimum Gasteiger partial charge on any atom is -0.480 e. The van der Waals surface area contributed by atoms with E-state index in [2.05, 4.69) is 5.32 Å². The quantitative estimate of drug-likeness (QED) is 0.542. The summed E-state index contributed by atoms with van der Waals surface area (Å²) in [5.41, 5.74) is -0.619. The molecule has 2 N–H and O–H groups in total. The molecule has 0 unspecified atom stereocenters. The average molecular weight is 217 g/mol. The van der Waals surface area contributed by atoms with Crippen molar-refractivity contribution in [2.75, 3.05) is 33.5 Å². The van der Waals surface area contributed by atoms with Crippen LogP contribution in [0.3, 0.4) is 0 Å². The van der Waals surface area contributed by atoms with E-state index in [0.717, 1.165) is 19.3 Å². The minimum atomic E-state index is -0.734. The number of carbonyl (C=O) groups is 1. The molecule has 1 fully saturated rings. The van der Waals surface area contributed by atoms with Gasteiger partial charge in [-0.3, -0.25) is 4.79 Å². The summed E-state index contributed by atoms with van der Waals surface area (Å²) in [5, 5.41) is 11.9. The van der Waals surface area contributed by atoms with Crippen molar-refractivity contribution in [1.82, 2.24) is 5.32 Å². The van der Waals surface area contributed by atoms with Gasteiger partial charge in [0.2, 0.25) is 0 Å². The first-order valence-corrected chi connectivity index (χ1v) is 5.26. The van der Waals surface area contributed by atoms with Crippen LogP contribution >= 0.6 is 0 Å². The van der Waals surface area contributed by atoms with Crippen molar-refractivity contribution < 1.29 is 19.4 Å². The van der Waals surface area contributed by atoms with E-state index in [1.165, 1.54) is 0 Å². The molecule has 0 radical (unpaired) electrons. The monoisotopic (exact) mass is 217 g/mol. The fourth-order valence-corrected chi connectivity index (χ4v) is 1.34. The molecule has 0 bridgehead atoms. The van der Waals surface area contributed by atoms with Gasteiger partial charge in [-0.25, -0.2) is 0 Å². The zero-order valence-electron chi connectivity index (χ0n) is 9.12. The van der Waals surface area contributed by atoms with Gasteiger partial charge in [-0.15, -0.1) is 0 Å². The third kappa shape index (κ3) is 4.15. The molecule has 0 saturated heterocycles. The molecule has 0 amide bonds. The molecule has 1 saturated carbocycles. The van der Waals surface area contributed by atoms with E-state index < -0.39 is 11.5 Å². The zero-order chi connectivity index (χ0) is 11.1. The van der Waals surface area contributed by atoms with E-state index in [-0.39, 0.29) is 0 Å². The Morgan fingerprint density at radius 1 is 1.40 bits per heavy atom. The third-order valence-electron chi connectivity index (χ3n) is 2.52. The van der Waals surface area contributed by atoms with Crippen LogP contribution in [-0.4, -0.2) is 50.1 Å². The third-order valence-corrected chi connectivity index (χ3v) is 2.52. The van der Waals surface area contributed by atoms with E-state index in [0.29, 0.717) is 26.4 Å². The van der Waals surface area contributed by atoms with Gasteiger partial charge < -0.3 is 19.9 Å². The Bertz CT molecular complexity index is 204. The summed E-state index contributed by atoms with van der Waals surface area (Å²) in [7, 11) is 1.63. The maximum atomic E-state index is 10.8. The topological polar surface area (TPSA) is 67.8 Å². The summed E-state index contributed by atoms with van der Waals surface area (Å²) in [5.74, 6) is -0.734. The molecule has 1 aliphatic rings. The molecule has 5 heteroatoms. The molecule has 5 nitrogen and oxygen atoms in total. The Morgan fingerprint density at radius 2 is 2.13 bits per heavy atom. The van der Waals surface area contributed by atoms with Crippen molar-refractivity contribution in [1.29, 1.82) is 0 Å². The van der Waals surface area contributed by atoms with Gasteiger partial charge >= 0.3 is 5.97 Å². The number of rotatable bonds is 9.